The van der Waals surface area contributed by atoms with Gasteiger partial charge in [-0.2, -0.15) is 8.42 Å². The summed E-state index contributed by atoms with van der Waals surface area (Å²) in [5, 5.41) is 3.35. The molecule has 1 saturated heterocycles. The Bertz CT molecular complexity index is 1800. The summed E-state index contributed by atoms with van der Waals surface area (Å²) in [4.78, 5) is 70.4. The van der Waals surface area contributed by atoms with E-state index in [1.807, 2.05) is 0 Å². The second kappa shape index (κ2) is 22.1. The number of methoxy groups -OCH3 is 1. The number of likely N-dealkylation sites (N-methyl/N-ethyl adjacent to an activating group) is 1. The highest BCUT2D eigenvalue weighted by Gasteiger charge is 2.56. The van der Waals surface area contributed by atoms with Crippen molar-refractivity contribution >= 4 is 40.1 Å². The molecule has 1 aliphatic rings. The van der Waals surface area contributed by atoms with Crippen molar-refractivity contribution in [3.8, 4) is 11.5 Å². The van der Waals surface area contributed by atoms with E-state index in [9.17, 15) is 32.4 Å². The van der Waals surface area contributed by atoms with Crippen LogP contribution in [0.4, 0.5) is 0 Å². The van der Waals surface area contributed by atoms with Gasteiger partial charge in [0.05, 0.1) is 46.8 Å². The molecule has 5 atom stereocenters. The Morgan fingerprint density at radius 1 is 0.893 bits per heavy atom. The largest absolute Gasteiger partial charge is 0.467 e. The lowest BCUT2D eigenvalue weighted by atomic mass is 9.97. The highest BCUT2D eigenvalue weighted by Crippen LogP contribution is 2.36. The summed E-state index contributed by atoms with van der Waals surface area (Å²) in [6.07, 6.45) is -5.64. The first-order valence-electron chi connectivity index (χ1n) is 16.7. The zero-order chi connectivity index (χ0) is 41.3. The predicted molar refractivity (Wildman–Crippen MR) is 185 cm³/mol. The van der Waals surface area contributed by atoms with Crippen molar-refractivity contribution in [2.75, 3.05) is 66.9 Å². The summed E-state index contributed by atoms with van der Waals surface area (Å²) in [5.41, 5.74) is 8.17. The molecule has 308 valence electrons. The van der Waals surface area contributed by atoms with Gasteiger partial charge >= 0.3 is 34.2 Å². The minimum atomic E-state index is -4.67. The number of hydrogen-bond acceptors (Lipinski definition) is 19. The zero-order valence-corrected chi connectivity index (χ0v) is 31.9. The van der Waals surface area contributed by atoms with Crippen LogP contribution in [0.2, 0.25) is 0 Å². The number of azide groups is 1. The molecule has 1 aliphatic heterocycles. The number of amides is 1. The van der Waals surface area contributed by atoms with E-state index in [1.165, 1.54) is 24.2 Å². The maximum atomic E-state index is 13.4. The molecule has 0 N–H and O–H groups in total. The summed E-state index contributed by atoms with van der Waals surface area (Å²) in [7, 11) is -2.20. The maximum Gasteiger partial charge on any atom is 0.414 e. The normalized spacial score (nSPS) is 19.1. The smallest absolute Gasteiger partial charge is 0.414 e. The lowest BCUT2D eigenvalue weighted by molar-refractivity contribution is -0.282. The summed E-state index contributed by atoms with van der Waals surface area (Å²) in [6.45, 7) is 4.80. The number of aromatic nitrogens is 2. The van der Waals surface area contributed by atoms with Gasteiger partial charge in [0.2, 0.25) is 12.4 Å². The van der Waals surface area contributed by atoms with Gasteiger partial charge in [0.1, 0.15) is 6.33 Å². The molecule has 0 radical (unpaired) electrons. The van der Waals surface area contributed by atoms with Gasteiger partial charge in [-0.05, 0) is 23.7 Å². The molecule has 56 heavy (non-hydrogen) atoms. The second-order valence-corrected chi connectivity index (χ2v) is 12.8. The van der Waals surface area contributed by atoms with Crippen molar-refractivity contribution in [2.24, 2.45) is 5.11 Å². The quantitative estimate of drug-likeness (QED) is 0.0392. The average Bonchev–Trinajstić information content (AvgIpc) is 3.70. The van der Waals surface area contributed by atoms with Crippen molar-refractivity contribution < 1.29 is 79.2 Å². The number of hydrogen-bond donors (Lipinski definition) is 0. The van der Waals surface area contributed by atoms with Gasteiger partial charge in [0.15, 0.2) is 29.8 Å². The Morgan fingerprint density at radius 3 is 2.09 bits per heavy atom. The Labute approximate surface area is 320 Å². The highest BCUT2D eigenvalue weighted by molar-refractivity contribution is 7.85. The van der Waals surface area contributed by atoms with Crippen molar-refractivity contribution in [1.82, 2.24) is 13.9 Å². The number of esters is 4. The van der Waals surface area contributed by atoms with Gasteiger partial charge in [-0.3, -0.25) is 19.2 Å². The molecule has 0 unspecified atom stereocenters. The maximum absolute atomic E-state index is 13.4. The third-order valence-corrected chi connectivity index (χ3v) is 8.38. The summed E-state index contributed by atoms with van der Waals surface area (Å²) in [5.74, 6) is -5.47. The second-order valence-electron chi connectivity index (χ2n) is 11.4. The van der Waals surface area contributed by atoms with Gasteiger partial charge < -0.3 is 51.7 Å². The van der Waals surface area contributed by atoms with Crippen molar-refractivity contribution in [1.29, 1.82) is 0 Å². The molecule has 23 nitrogen and oxygen atoms in total. The number of carbonyl (C=O) groups excluding carboxylic acids is 5. The Kier molecular flexibility index (Phi) is 17.7. The number of imidazole rings is 1. The van der Waals surface area contributed by atoms with E-state index in [-0.39, 0.29) is 45.1 Å². The van der Waals surface area contributed by atoms with Crippen LogP contribution < -0.4 is 8.92 Å². The topological polar surface area (TPSA) is 282 Å². The fourth-order valence-electron chi connectivity index (χ4n) is 4.85. The number of benzene rings is 1. The minimum Gasteiger partial charge on any atom is -0.467 e. The van der Waals surface area contributed by atoms with Crippen LogP contribution in [0.15, 0.2) is 42.0 Å². The van der Waals surface area contributed by atoms with Crippen LogP contribution in [-0.4, -0.2) is 150 Å². The molecule has 1 aromatic carbocycles. The van der Waals surface area contributed by atoms with Crippen molar-refractivity contribution in [3.05, 3.63) is 52.9 Å². The molecule has 24 heteroatoms. The third-order valence-electron chi connectivity index (χ3n) is 7.26. The molecule has 1 aromatic heterocycles. The Balaban J connectivity index is 1.85. The van der Waals surface area contributed by atoms with Crippen molar-refractivity contribution in [2.45, 2.75) is 51.5 Å². The summed E-state index contributed by atoms with van der Waals surface area (Å²) in [6, 6.07) is 3.47. The number of rotatable bonds is 22. The molecule has 2 heterocycles. The molecule has 1 amide bonds. The average molecular weight is 815 g/mol. The minimum absolute atomic E-state index is 0.0688. The molecule has 1 fully saturated rings. The summed E-state index contributed by atoms with van der Waals surface area (Å²) < 4.78 is 81.1. The van der Waals surface area contributed by atoms with E-state index in [2.05, 4.69) is 15.0 Å². The van der Waals surface area contributed by atoms with Crippen LogP contribution >= 0.6 is 0 Å². The number of ether oxygens (including phenoxy) is 9. The van der Waals surface area contributed by atoms with E-state index < -0.39 is 82.3 Å². The van der Waals surface area contributed by atoms with E-state index >= 15 is 0 Å². The lowest BCUT2D eigenvalue weighted by Gasteiger charge is -2.43. The highest BCUT2D eigenvalue weighted by atomic mass is 32.2. The molecule has 0 bridgehead atoms. The molecule has 0 aliphatic carbocycles. The lowest BCUT2D eigenvalue weighted by Crippen LogP contribution is -2.64. The van der Waals surface area contributed by atoms with Crippen LogP contribution in [0.5, 0.6) is 11.5 Å². The SMILES string of the molecule is COC(=O)[C@H]1O[C@@H](Oc2ccc(C(=O)N(C)CCOCCOCCOCCN=[N+]=[N-])cc2OS(=O)(=O)n2ccnc2)[C@H](OC(C)=O)[C@@H](OC(C)=O)[C@@H]1OC(C)=O. The standard InChI is InChI=1S/C32H42N6O17S/c1-20(39)50-26-27(51-21(2)40)29(52-22(3)41)32(54-28(26)31(43)46-5)53-24-7-6-23(18-25(24)55-56(44,45)38-10-8-34-19-38)30(42)37(4)11-13-48-15-17-49-16-14-47-12-9-35-36-33/h6-8,10,18-19,26-29,32H,9,11-17H2,1-5H3/t26-,27-,28-,29+,32+/m0/s1. The Hall–Kier alpha value is -5.52. The van der Waals surface area contributed by atoms with Gasteiger partial charge in [-0.15, -0.1) is 0 Å². The molecule has 0 spiro atoms. The Morgan fingerprint density at radius 2 is 1.50 bits per heavy atom. The molecule has 0 saturated carbocycles. The fraction of sp³-hybridized carbons (Fsp3) is 0.562. The number of carbonyl (C=O) groups is 5. The third kappa shape index (κ3) is 13.6. The van der Waals surface area contributed by atoms with E-state index in [0.717, 1.165) is 52.5 Å². The van der Waals surface area contributed by atoms with Gasteiger partial charge in [0, 0.05) is 63.8 Å². The number of nitrogens with zero attached hydrogens (tertiary/aromatic N) is 6. The van der Waals surface area contributed by atoms with E-state index in [0.29, 0.717) is 17.2 Å². The van der Waals surface area contributed by atoms with Crippen LogP contribution in [0.25, 0.3) is 10.4 Å². The van der Waals surface area contributed by atoms with Crippen molar-refractivity contribution in [3.63, 3.8) is 0 Å². The van der Waals surface area contributed by atoms with E-state index in [1.54, 1.807) is 0 Å². The molecular formula is C32H42N6O17S. The monoisotopic (exact) mass is 814 g/mol. The first kappa shape index (κ1) is 44.9. The van der Waals surface area contributed by atoms with Crippen LogP contribution in [0, 0.1) is 0 Å². The van der Waals surface area contributed by atoms with Crippen LogP contribution in [0.3, 0.4) is 0 Å². The molecule has 3 rings (SSSR count). The van der Waals surface area contributed by atoms with Crippen LogP contribution in [0.1, 0.15) is 31.1 Å². The zero-order valence-electron chi connectivity index (χ0n) is 31.0. The first-order chi connectivity index (χ1) is 26.7. The molecular weight excluding hydrogens is 772 g/mol. The summed E-state index contributed by atoms with van der Waals surface area (Å²) >= 11 is 0. The van der Waals surface area contributed by atoms with Gasteiger partial charge in [-0.25, -0.2) is 13.8 Å². The van der Waals surface area contributed by atoms with E-state index in [4.69, 9.17) is 52.3 Å². The fourth-order valence-corrected chi connectivity index (χ4v) is 5.67. The van der Waals surface area contributed by atoms with Gasteiger partial charge in [-0.1, -0.05) is 5.11 Å². The van der Waals surface area contributed by atoms with Crippen LogP contribution in [-0.2, 0) is 67.4 Å². The first-order valence-corrected chi connectivity index (χ1v) is 18.0. The van der Waals surface area contributed by atoms with Gasteiger partial charge in [0.25, 0.3) is 5.91 Å². The predicted octanol–water partition coefficient (Wildman–Crippen LogP) is 0.559. The molecule has 2 aromatic rings.